The summed E-state index contributed by atoms with van der Waals surface area (Å²) in [6, 6.07) is 7.15. The summed E-state index contributed by atoms with van der Waals surface area (Å²) in [6.45, 7) is 0.0915. The number of nitrogens with zero attached hydrogens (tertiary/aromatic N) is 2. The van der Waals surface area contributed by atoms with Gasteiger partial charge >= 0.3 is 6.18 Å². The van der Waals surface area contributed by atoms with E-state index in [2.05, 4.69) is 0 Å². The molecule has 1 amide bonds. The van der Waals surface area contributed by atoms with Crippen LogP contribution in [0.2, 0.25) is 0 Å². The standard InChI is InChI=1S/C13H11F3N2O/c14-13(15,16)11-4-2-1-3-10(11)8-18-7-9(6-17)5-12(18)19/h1-4,9H,5,7-8H2. The summed E-state index contributed by atoms with van der Waals surface area (Å²) in [7, 11) is 0. The van der Waals surface area contributed by atoms with Crippen molar-refractivity contribution in [1.29, 1.82) is 5.26 Å². The average Bonchev–Trinajstić information content (AvgIpc) is 2.70. The van der Waals surface area contributed by atoms with E-state index in [0.29, 0.717) is 0 Å². The Hall–Kier alpha value is -2.03. The summed E-state index contributed by atoms with van der Waals surface area (Å²) in [5.74, 6) is -0.700. The Labute approximate surface area is 108 Å². The van der Waals surface area contributed by atoms with E-state index in [1.54, 1.807) is 0 Å². The Balaban J connectivity index is 2.21. The van der Waals surface area contributed by atoms with Crippen molar-refractivity contribution < 1.29 is 18.0 Å². The normalized spacial score (nSPS) is 19.6. The number of hydrogen-bond acceptors (Lipinski definition) is 2. The Bertz CT molecular complexity index is 533. The van der Waals surface area contributed by atoms with Crippen LogP contribution in [-0.4, -0.2) is 17.4 Å². The summed E-state index contributed by atoms with van der Waals surface area (Å²) >= 11 is 0. The molecule has 1 aromatic carbocycles. The van der Waals surface area contributed by atoms with Gasteiger partial charge in [0.2, 0.25) is 5.91 Å². The molecule has 0 bridgehead atoms. The Kier molecular flexibility index (Phi) is 3.47. The van der Waals surface area contributed by atoms with Crippen molar-refractivity contribution in [2.24, 2.45) is 5.92 Å². The molecule has 1 aromatic rings. The molecule has 100 valence electrons. The third kappa shape index (κ3) is 2.87. The largest absolute Gasteiger partial charge is 0.416 e. The number of alkyl halides is 3. The van der Waals surface area contributed by atoms with Crippen molar-refractivity contribution in [1.82, 2.24) is 4.90 Å². The lowest BCUT2D eigenvalue weighted by Crippen LogP contribution is -2.26. The van der Waals surface area contributed by atoms with Crippen LogP contribution < -0.4 is 0 Å². The van der Waals surface area contributed by atoms with Crippen molar-refractivity contribution in [3.8, 4) is 6.07 Å². The van der Waals surface area contributed by atoms with Crippen LogP contribution >= 0.6 is 0 Å². The van der Waals surface area contributed by atoms with Gasteiger partial charge in [0.05, 0.1) is 17.6 Å². The van der Waals surface area contributed by atoms with Gasteiger partial charge in [-0.3, -0.25) is 4.79 Å². The number of amides is 1. The van der Waals surface area contributed by atoms with Crippen molar-refractivity contribution in [3.05, 3.63) is 35.4 Å². The first kappa shape index (κ1) is 13.4. The van der Waals surface area contributed by atoms with Crippen LogP contribution in [0.1, 0.15) is 17.5 Å². The molecule has 1 atom stereocenters. The third-order valence-corrected chi connectivity index (χ3v) is 3.08. The second-order valence-corrected chi connectivity index (χ2v) is 4.46. The number of likely N-dealkylation sites (tertiary alicyclic amines) is 1. The molecule has 1 unspecified atom stereocenters. The summed E-state index contributed by atoms with van der Waals surface area (Å²) in [4.78, 5) is 12.9. The number of carbonyl (C=O) groups is 1. The van der Waals surface area contributed by atoms with Gasteiger partial charge in [-0.25, -0.2) is 0 Å². The monoisotopic (exact) mass is 268 g/mol. The van der Waals surface area contributed by atoms with Gasteiger partial charge in [0.1, 0.15) is 0 Å². The highest BCUT2D eigenvalue weighted by Crippen LogP contribution is 2.33. The summed E-state index contributed by atoms with van der Waals surface area (Å²) < 4.78 is 38.4. The SMILES string of the molecule is N#CC1CC(=O)N(Cc2ccccc2C(F)(F)F)C1. The summed E-state index contributed by atoms with van der Waals surface area (Å²) in [6.07, 6.45) is -4.35. The molecule has 19 heavy (non-hydrogen) atoms. The maximum Gasteiger partial charge on any atom is 0.416 e. The lowest BCUT2D eigenvalue weighted by atomic mass is 10.1. The third-order valence-electron chi connectivity index (χ3n) is 3.08. The zero-order valence-electron chi connectivity index (χ0n) is 9.94. The minimum Gasteiger partial charge on any atom is -0.337 e. The lowest BCUT2D eigenvalue weighted by molar-refractivity contribution is -0.139. The van der Waals surface area contributed by atoms with Crippen LogP contribution in [0, 0.1) is 17.2 Å². The zero-order valence-corrected chi connectivity index (χ0v) is 9.94. The molecule has 0 radical (unpaired) electrons. The fraction of sp³-hybridized carbons (Fsp3) is 0.385. The van der Waals surface area contributed by atoms with Gasteiger partial charge in [-0.05, 0) is 11.6 Å². The number of halogens is 3. The molecule has 1 fully saturated rings. The van der Waals surface area contributed by atoms with Crippen LogP contribution in [0.15, 0.2) is 24.3 Å². The summed E-state index contributed by atoms with van der Waals surface area (Å²) in [5.41, 5.74) is -0.676. The molecule has 0 aliphatic carbocycles. The topological polar surface area (TPSA) is 44.1 Å². The van der Waals surface area contributed by atoms with Gasteiger partial charge in [0.25, 0.3) is 0 Å². The molecule has 6 heteroatoms. The molecule has 3 nitrogen and oxygen atoms in total. The molecule has 0 spiro atoms. The quantitative estimate of drug-likeness (QED) is 0.827. The minimum atomic E-state index is -4.44. The average molecular weight is 268 g/mol. The minimum absolute atomic E-state index is 0.0574. The second-order valence-electron chi connectivity index (χ2n) is 4.46. The Morgan fingerprint density at radius 3 is 2.63 bits per heavy atom. The molecule has 0 N–H and O–H groups in total. The highest BCUT2D eigenvalue weighted by molar-refractivity contribution is 5.79. The zero-order chi connectivity index (χ0) is 14.0. The van der Waals surface area contributed by atoms with Crippen LogP contribution in [0.5, 0.6) is 0 Å². The van der Waals surface area contributed by atoms with Gasteiger partial charge in [0, 0.05) is 19.5 Å². The van der Waals surface area contributed by atoms with Gasteiger partial charge in [-0.15, -0.1) is 0 Å². The maximum atomic E-state index is 12.8. The lowest BCUT2D eigenvalue weighted by Gasteiger charge is -2.19. The van der Waals surface area contributed by atoms with Crippen LogP contribution in [0.4, 0.5) is 13.2 Å². The number of rotatable bonds is 2. The Morgan fingerprint density at radius 1 is 1.37 bits per heavy atom. The molecular formula is C13H11F3N2O. The first-order valence-corrected chi connectivity index (χ1v) is 5.74. The van der Waals surface area contributed by atoms with Crippen molar-refractivity contribution in [2.75, 3.05) is 6.54 Å². The van der Waals surface area contributed by atoms with E-state index in [1.807, 2.05) is 6.07 Å². The van der Waals surface area contributed by atoms with Crippen LogP contribution in [0.25, 0.3) is 0 Å². The van der Waals surface area contributed by atoms with Crippen molar-refractivity contribution in [2.45, 2.75) is 19.1 Å². The molecule has 2 rings (SSSR count). The number of nitriles is 1. The number of hydrogen-bond donors (Lipinski definition) is 0. The fourth-order valence-electron chi connectivity index (χ4n) is 2.15. The van der Waals surface area contributed by atoms with Crippen LogP contribution in [-0.2, 0) is 17.5 Å². The second kappa shape index (κ2) is 4.92. The fourth-order valence-corrected chi connectivity index (χ4v) is 2.15. The van der Waals surface area contributed by atoms with E-state index in [9.17, 15) is 18.0 Å². The molecule has 0 aromatic heterocycles. The molecule has 1 heterocycles. The predicted octanol–water partition coefficient (Wildman–Crippen LogP) is 2.58. The van der Waals surface area contributed by atoms with Crippen molar-refractivity contribution in [3.63, 3.8) is 0 Å². The van der Waals surface area contributed by atoms with E-state index >= 15 is 0 Å². The molecule has 1 aliphatic heterocycles. The first-order chi connectivity index (χ1) is 8.91. The molecule has 0 saturated carbocycles. The highest BCUT2D eigenvalue weighted by atomic mass is 19.4. The number of carbonyl (C=O) groups excluding carboxylic acids is 1. The molecular weight excluding hydrogens is 257 g/mol. The highest BCUT2D eigenvalue weighted by Gasteiger charge is 2.35. The van der Waals surface area contributed by atoms with E-state index in [-0.39, 0.29) is 31.0 Å². The van der Waals surface area contributed by atoms with Gasteiger partial charge in [-0.2, -0.15) is 18.4 Å². The van der Waals surface area contributed by atoms with Gasteiger partial charge < -0.3 is 4.90 Å². The van der Waals surface area contributed by atoms with Crippen molar-refractivity contribution >= 4 is 5.91 Å². The Morgan fingerprint density at radius 2 is 2.05 bits per heavy atom. The maximum absolute atomic E-state index is 12.8. The van der Waals surface area contributed by atoms with E-state index in [1.165, 1.54) is 23.1 Å². The van der Waals surface area contributed by atoms with E-state index in [0.717, 1.165) is 6.07 Å². The first-order valence-electron chi connectivity index (χ1n) is 5.74. The van der Waals surface area contributed by atoms with Gasteiger partial charge in [0.15, 0.2) is 0 Å². The van der Waals surface area contributed by atoms with E-state index < -0.39 is 17.7 Å². The molecule has 1 aliphatic rings. The smallest absolute Gasteiger partial charge is 0.337 e. The molecule has 1 saturated heterocycles. The number of benzene rings is 1. The van der Waals surface area contributed by atoms with Gasteiger partial charge in [-0.1, -0.05) is 18.2 Å². The van der Waals surface area contributed by atoms with E-state index in [4.69, 9.17) is 5.26 Å². The van der Waals surface area contributed by atoms with Crippen LogP contribution in [0.3, 0.4) is 0 Å². The predicted molar refractivity (Wildman–Crippen MR) is 60.6 cm³/mol. The summed E-state index contributed by atoms with van der Waals surface area (Å²) in [5, 5.41) is 8.74.